The lowest BCUT2D eigenvalue weighted by atomic mass is 9.89. The molecule has 2 atom stereocenters. The number of ether oxygens (including phenoxy) is 3. The van der Waals surface area contributed by atoms with Gasteiger partial charge in [0.25, 0.3) is 0 Å². The lowest BCUT2D eigenvalue weighted by molar-refractivity contribution is -0.144. The van der Waals surface area contributed by atoms with Crippen molar-refractivity contribution in [2.45, 2.75) is 32.0 Å². The molecular weight excluding hydrogens is 224 g/mol. The van der Waals surface area contributed by atoms with Gasteiger partial charge in [0.15, 0.2) is 6.29 Å². The van der Waals surface area contributed by atoms with Crippen LogP contribution in [-0.4, -0.2) is 39.4 Å². The minimum Gasteiger partial charge on any atom is -0.469 e. The number of carbonyl (C=O) groups is 2. The van der Waals surface area contributed by atoms with Crippen LogP contribution in [0.25, 0.3) is 0 Å². The number of esters is 1. The van der Waals surface area contributed by atoms with Crippen molar-refractivity contribution < 1.29 is 23.8 Å². The SMILES string of the molecule is COC(=O)CC1CCC(=O)C1CC(OC)OC. The van der Waals surface area contributed by atoms with Crippen molar-refractivity contribution in [3.05, 3.63) is 0 Å². The molecule has 1 saturated carbocycles. The summed E-state index contributed by atoms with van der Waals surface area (Å²) >= 11 is 0. The van der Waals surface area contributed by atoms with Crippen molar-refractivity contribution >= 4 is 11.8 Å². The van der Waals surface area contributed by atoms with Crippen molar-refractivity contribution in [3.63, 3.8) is 0 Å². The molecule has 98 valence electrons. The zero-order chi connectivity index (χ0) is 12.8. The summed E-state index contributed by atoms with van der Waals surface area (Å²) in [6, 6.07) is 0. The Kier molecular flexibility index (Phi) is 5.58. The van der Waals surface area contributed by atoms with Gasteiger partial charge in [0, 0.05) is 39.4 Å². The predicted molar refractivity (Wildman–Crippen MR) is 60.3 cm³/mol. The summed E-state index contributed by atoms with van der Waals surface area (Å²) in [6.45, 7) is 0. The van der Waals surface area contributed by atoms with E-state index in [1.54, 1.807) is 14.2 Å². The summed E-state index contributed by atoms with van der Waals surface area (Å²) < 4.78 is 14.8. The molecule has 0 spiro atoms. The van der Waals surface area contributed by atoms with E-state index in [2.05, 4.69) is 4.74 Å². The molecular formula is C12H20O5. The third-order valence-electron chi connectivity index (χ3n) is 3.37. The van der Waals surface area contributed by atoms with Gasteiger partial charge in [0.05, 0.1) is 7.11 Å². The maximum Gasteiger partial charge on any atom is 0.305 e. The summed E-state index contributed by atoms with van der Waals surface area (Å²) in [5.41, 5.74) is 0. The number of hydrogen-bond acceptors (Lipinski definition) is 5. The van der Waals surface area contributed by atoms with Crippen LogP contribution in [0.4, 0.5) is 0 Å². The fraction of sp³-hybridized carbons (Fsp3) is 0.833. The normalized spacial score (nSPS) is 24.4. The van der Waals surface area contributed by atoms with Gasteiger partial charge < -0.3 is 14.2 Å². The van der Waals surface area contributed by atoms with Gasteiger partial charge in [-0.1, -0.05) is 0 Å². The Hall–Kier alpha value is -0.940. The van der Waals surface area contributed by atoms with Crippen LogP contribution in [0.15, 0.2) is 0 Å². The molecule has 0 aromatic heterocycles. The Balaban J connectivity index is 2.58. The third-order valence-corrected chi connectivity index (χ3v) is 3.37. The van der Waals surface area contributed by atoms with Crippen molar-refractivity contribution in [1.29, 1.82) is 0 Å². The molecule has 1 fully saturated rings. The highest BCUT2D eigenvalue weighted by Crippen LogP contribution is 2.35. The second-order valence-electron chi connectivity index (χ2n) is 4.29. The number of Topliss-reactive ketones (excluding diaryl/α,β-unsaturated/α-hetero) is 1. The van der Waals surface area contributed by atoms with Gasteiger partial charge in [0.1, 0.15) is 5.78 Å². The van der Waals surface area contributed by atoms with Crippen LogP contribution in [0, 0.1) is 11.8 Å². The van der Waals surface area contributed by atoms with Gasteiger partial charge in [0.2, 0.25) is 0 Å². The molecule has 0 aromatic carbocycles. The van der Waals surface area contributed by atoms with E-state index in [9.17, 15) is 9.59 Å². The molecule has 1 aliphatic carbocycles. The topological polar surface area (TPSA) is 61.8 Å². The smallest absolute Gasteiger partial charge is 0.305 e. The summed E-state index contributed by atoms with van der Waals surface area (Å²) in [4.78, 5) is 23.0. The van der Waals surface area contributed by atoms with Crippen molar-refractivity contribution in [1.82, 2.24) is 0 Å². The first-order valence-corrected chi connectivity index (χ1v) is 5.77. The summed E-state index contributed by atoms with van der Waals surface area (Å²) in [5.74, 6) is -0.166. The monoisotopic (exact) mass is 244 g/mol. The summed E-state index contributed by atoms with van der Waals surface area (Å²) in [7, 11) is 4.45. The Morgan fingerprint density at radius 2 is 2.00 bits per heavy atom. The maximum atomic E-state index is 11.8. The first-order chi connectivity index (χ1) is 8.12. The van der Waals surface area contributed by atoms with Crippen LogP contribution < -0.4 is 0 Å². The maximum absolute atomic E-state index is 11.8. The molecule has 1 rings (SSSR count). The molecule has 2 unspecified atom stereocenters. The highest BCUT2D eigenvalue weighted by molar-refractivity contribution is 5.84. The predicted octanol–water partition coefficient (Wildman–Crippen LogP) is 1.15. The molecule has 1 aliphatic rings. The molecule has 0 radical (unpaired) electrons. The molecule has 0 aromatic rings. The van der Waals surface area contributed by atoms with Gasteiger partial charge in [-0.25, -0.2) is 0 Å². The molecule has 0 N–H and O–H groups in total. The molecule has 5 nitrogen and oxygen atoms in total. The quantitative estimate of drug-likeness (QED) is 0.518. The highest BCUT2D eigenvalue weighted by atomic mass is 16.7. The van der Waals surface area contributed by atoms with Crippen LogP contribution in [0.1, 0.15) is 25.7 Å². The Bertz CT molecular complexity index is 272. The zero-order valence-electron chi connectivity index (χ0n) is 10.6. The van der Waals surface area contributed by atoms with Gasteiger partial charge in [-0.05, 0) is 12.3 Å². The standard InChI is InChI=1S/C12H20O5/c1-15-11(14)6-8-4-5-10(13)9(8)7-12(16-2)17-3/h8-9,12H,4-7H2,1-3H3. The van der Waals surface area contributed by atoms with Crippen molar-refractivity contribution in [3.8, 4) is 0 Å². The van der Waals surface area contributed by atoms with Gasteiger partial charge in [-0.15, -0.1) is 0 Å². The van der Waals surface area contributed by atoms with Crippen LogP contribution in [0.2, 0.25) is 0 Å². The number of methoxy groups -OCH3 is 3. The zero-order valence-corrected chi connectivity index (χ0v) is 10.6. The van der Waals surface area contributed by atoms with Gasteiger partial charge >= 0.3 is 5.97 Å². The van der Waals surface area contributed by atoms with Gasteiger partial charge in [-0.3, -0.25) is 9.59 Å². The second-order valence-corrected chi connectivity index (χ2v) is 4.29. The van der Waals surface area contributed by atoms with E-state index < -0.39 is 0 Å². The minimum atomic E-state index is -0.387. The molecule has 17 heavy (non-hydrogen) atoms. The van der Waals surface area contributed by atoms with E-state index in [1.807, 2.05) is 0 Å². The van der Waals surface area contributed by atoms with E-state index in [0.29, 0.717) is 19.3 Å². The largest absolute Gasteiger partial charge is 0.469 e. The lowest BCUT2D eigenvalue weighted by Gasteiger charge is -2.21. The Morgan fingerprint density at radius 3 is 2.53 bits per heavy atom. The van der Waals surface area contributed by atoms with E-state index in [-0.39, 0.29) is 29.9 Å². The summed E-state index contributed by atoms with van der Waals surface area (Å²) in [5, 5.41) is 0. The Morgan fingerprint density at radius 1 is 1.35 bits per heavy atom. The fourth-order valence-electron chi connectivity index (χ4n) is 2.34. The molecule has 0 amide bonds. The molecule has 0 heterocycles. The molecule has 0 saturated heterocycles. The fourth-order valence-corrected chi connectivity index (χ4v) is 2.34. The van der Waals surface area contributed by atoms with Crippen molar-refractivity contribution in [2.75, 3.05) is 21.3 Å². The third kappa shape index (κ3) is 3.78. The number of carbonyl (C=O) groups excluding carboxylic acids is 2. The van der Waals surface area contributed by atoms with Crippen LogP contribution >= 0.6 is 0 Å². The first kappa shape index (κ1) is 14.1. The van der Waals surface area contributed by atoms with E-state index in [4.69, 9.17) is 9.47 Å². The molecule has 0 bridgehead atoms. The van der Waals surface area contributed by atoms with E-state index in [0.717, 1.165) is 6.42 Å². The lowest BCUT2D eigenvalue weighted by Crippen LogP contribution is -2.25. The highest BCUT2D eigenvalue weighted by Gasteiger charge is 2.37. The minimum absolute atomic E-state index is 0.0581. The average Bonchev–Trinajstić information content (AvgIpc) is 2.67. The number of ketones is 1. The number of hydrogen-bond donors (Lipinski definition) is 0. The molecule has 5 heteroatoms. The van der Waals surface area contributed by atoms with Crippen molar-refractivity contribution in [2.24, 2.45) is 11.8 Å². The van der Waals surface area contributed by atoms with Crippen LogP contribution in [0.3, 0.4) is 0 Å². The molecule has 0 aliphatic heterocycles. The summed E-state index contributed by atoms with van der Waals surface area (Å²) in [6.07, 6.45) is 1.70. The van der Waals surface area contributed by atoms with Gasteiger partial charge in [-0.2, -0.15) is 0 Å². The number of rotatable bonds is 6. The average molecular weight is 244 g/mol. The van der Waals surface area contributed by atoms with Crippen LogP contribution in [0.5, 0.6) is 0 Å². The van der Waals surface area contributed by atoms with E-state index >= 15 is 0 Å². The van der Waals surface area contributed by atoms with Crippen LogP contribution in [-0.2, 0) is 23.8 Å². The Labute approximate surface area is 101 Å². The second kappa shape index (κ2) is 6.71. The first-order valence-electron chi connectivity index (χ1n) is 5.77. The van der Waals surface area contributed by atoms with E-state index in [1.165, 1.54) is 7.11 Å².